The zero-order valence-corrected chi connectivity index (χ0v) is 13.0. The molecule has 0 atom stereocenters. The number of nitrogens with zero attached hydrogens (tertiary/aromatic N) is 1. The van der Waals surface area contributed by atoms with Crippen molar-refractivity contribution in [2.75, 3.05) is 0 Å². The second-order valence-corrected chi connectivity index (χ2v) is 6.13. The van der Waals surface area contributed by atoms with Gasteiger partial charge in [-0.05, 0) is 62.3 Å². The van der Waals surface area contributed by atoms with Gasteiger partial charge in [0.2, 0.25) is 0 Å². The van der Waals surface area contributed by atoms with Gasteiger partial charge in [0.15, 0.2) is 0 Å². The summed E-state index contributed by atoms with van der Waals surface area (Å²) in [6, 6.07) is 6.87. The minimum absolute atomic E-state index is 0. The molecule has 1 aromatic rings. The van der Waals surface area contributed by atoms with Crippen molar-refractivity contribution in [1.82, 2.24) is 0 Å². The van der Waals surface area contributed by atoms with Crippen molar-refractivity contribution in [3.63, 3.8) is 0 Å². The van der Waals surface area contributed by atoms with E-state index in [1.54, 1.807) is 0 Å². The molecule has 1 spiro atoms. The van der Waals surface area contributed by atoms with Crippen LogP contribution in [0.25, 0.3) is 0 Å². The lowest BCUT2D eigenvalue weighted by Gasteiger charge is -2.33. The van der Waals surface area contributed by atoms with Crippen LogP contribution < -0.4 is 5.73 Å². The Bertz CT molecular complexity index is 519. The third-order valence-corrected chi connectivity index (χ3v) is 4.62. The minimum atomic E-state index is -0.0655. The summed E-state index contributed by atoms with van der Waals surface area (Å²) < 4.78 is 0. The summed E-state index contributed by atoms with van der Waals surface area (Å²) in [4.78, 5) is 5.80. The molecular weight excluding hydrogens is 272 g/mol. The van der Waals surface area contributed by atoms with Gasteiger partial charge >= 0.3 is 0 Å². The van der Waals surface area contributed by atoms with Crippen LogP contribution >= 0.6 is 12.4 Å². The molecule has 0 radical (unpaired) electrons. The second kappa shape index (κ2) is 5.74. The minimum Gasteiger partial charge on any atom is -0.389 e. The fourth-order valence-corrected chi connectivity index (χ4v) is 3.03. The van der Waals surface area contributed by atoms with Gasteiger partial charge in [-0.3, -0.25) is 0 Å². The van der Waals surface area contributed by atoms with Crippen molar-refractivity contribution in [3.05, 3.63) is 34.9 Å². The van der Waals surface area contributed by atoms with Crippen LogP contribution in [-0.2, 0) is 4.84 Å². The summed E-state index contributed by atoms with van der Waals surface area (Å²) in [5, 5.41) is 4.35. The van der Waals surface area contributed by atoms with Crippen LogP contribution in [0.2, 0.25) is 0 Å². The normalized spacial score (nSPS) is 28.8. The van der Waals surface area contributed by atoms with Gasteiger partial charge in [-0.2, -0.15) is 0 Å². The van der Waals surface area contributed by atoms with Crippen LogP contribution in [0.5, 0.6) is 0 Å². The van der Waals surface area contributed by atoms with Crippen LogP contribution in [0.15, 0.2) is 23.4 Å². The maximum absolute atomic E-state index is 5.97. The van der Waals surface area contributed by atoms with E-state index >= 15 is 0 Å². The van der Waals surface area contributed by atoms with Crippen LogP contribution in [0.4, 0.5) is 0 Å². The van der Waals surface area contributed by atoms with E-state index in [0.717, 1.165) is 37.8 Å². The zero-order chi connectivity index (χ0) is 13.5. The molecule has 4 heteroatoms. The fourth-order valence-electron chi connectivity index (χ4n) is 3.03. The van der Waals surface area contributed by atoms with Gasteiger partial charge in [0.25, 0.3) is 0 Å². The van der Waals surface area contributed by atoms with Crippen LogP contribution in [0, 0.1) is 13.8 Å². The number of nitrogens with two attached hydrogens (primary N) is 1. The molecule has 0 amide bonds. The maximum Gasteiger partial charge on any atom is 0.143 e. The summed E-state index contributed by atoms with van der Waals surface area (Å²) in [6.45, 7) is 4.28. The quantitative estimate of drug-likeness (QED) is 0.862. The molecular formula is C16H23ClN2O. The van der Waals surface area contributed by atoms with Crippen LogP contribution in [0.3, 0.4) is 0 Å². The van der Waals surface area contributed by atoms with E-state index in [9.17, 15) is 0 Å². The summed E-state index contributed by atoms with van der Waals surface area (Å²) >= 11 is 0. The molecule has 3 nitrogen and oxygen atoms in total. The maximum atomic E-state index is 5.97. The van der Waals surface area contributed by atoms with E-state index in [1.807, 2.05) is 0 Å². The number of hydrogen-bond donors (Lipinski definition) is 1. The molecule has 3 rings (SSSR count). The molecule has 0 saturated heterocycles. The number of hydrogen-bond acceptors (Lipinski definition) is 3. The predicted octanol–water partition coefficient (Wildman–Crippen LogP) is 3.49. The lowest BCUT2D eigenvalue weighted by Crippen LogP contribution is -2.39. The van der Waals surface area contributed by atoms with E-state index in [4.69, 9.17) is 10.6 Å². The molecule has 2 N–H and O–H groups in total. The van der Waals surface area contributed by atoms with Crippen molar-refractivity contribution in [3.8, 4) is 0 Å². The highest BCUT2D eigenvalue weighted by Gasteiger charge is 2.41. The molecule has 20 heavy (non-hydrogen) atoms. The molecule has 1 aliphatic heterocycles. The zero-order valence-electron chi connectivity index (χ0n) is 12.2. The average molecular weight is 295 g/mol. The second-order valence-electron chi connectivity index (χ2n) is 6.13. The highest BCUT2D eigenvalue weighted by Crippen LogP contribution is 2.39. The highest BCUT2D eigenvalue weighted by atomic mass is 35.5. The highest BCUT2D eigenvalue weighted by molar-refractivity contribution is 6.01. The molecule has 2 aliphatic rings. The van der Waals surface area contributed by atoms with Gasteiger partial charge in [0.1, 0.15) is 5.60 Å². The predicted molar refractivity (Wildman–Crippen MR) is 84.6 cm³/mol. The van der Waals surface area contributed by atoms with Crippen molar-refractivity contribution in [1.29, 1.82) is 0 Å². The number of halogens is 1. The Hall–Kier alpha value is -1.06. The molecule has 0 aromatic heterocycles. The Kier molecular flexibility index (Phi) is 4.40. The summed E-state index contributed by atoms with van der Waals surface area (Å²) in [5.41, 5.74) is 10.8. The lowest BCUT2D eigenvalue weighted by molar-refractivity contribution is -0.0478. The third-order valence-electron chi connectivity index (χ3n) is 4.62. The Morgan fingerprint density at radius 2 is 1.90 bits per heavy atom. The topological polar surface area (TPSA) is 47.6 Å². The Morgan fingerprint density at radius 3 is 2.55 bits per heavy atom. The standard InChI is InChI=1S/C16H22N2O.ClH/c1-11-3-4-13(9-12(11)2)15-10-16(19-18-15)7-5-14(17)6-8-16;/h3-4,9,14H,5-8,10,17H2,1-2H3;1H. The molecule has 1 saturated carbocycles. The first-order valence-corrected chi connectivity index (χ1v) is 7.16. The van der Waals surface area contributed by atoms with E-state index in [0.29, 0.717) is 6.04 Å². The molecule has 1 aromatic carbocycles. The Balaban J connectivity index is 0.00000147. The number of oxime groups is 1. The smallest absolute Gasteiger partial charge is 0.143 e. The fraction of sp³-hybridized carbons (Fsp3) is 0.562. The first-order valence-electron chi connectivity index (χ1n) is 7.16. The van der Waals surface area contributed by atoms with E-state index in [-0.39, 0.29) is 18.0 Å². The molecule has 1 heterocycles. The van der Waals surface area contributed by atoms with Gasteiger partial charge in [0.05, 0.1) is 5.71 Å². The number of rotatable bonds is 1. The monoisotopic (exact) mass is 294 g/mol. The van der Waals surface area contributed by atoms with Gasteiger partial charge in [-0.25, -0.2) is 0 Å². The molecule has 1 fully saturated rings. The molecule has 0 unspecified atom stereocenters. The van der Waals surface area contributed by atoms with E-state index in [2.05, 4.69) is 37.2 Å². The number of aryl methyl sites for hydroxylation is 2. The van der Waals surface area contributed by atoms with Crippen molar-refractivity contribution < 1.29 is 4.84 Å². The number of benzene rings is 1. The Morgan fingerprint density at radius 1 is 1.20 bits per heavy atom. The van der Waals surface area contributed by atoms with Gasteiger partial charge in [-0.15, -0.1) is 12.4 Å². The van der Waals surface area contributed by atoms with Crippen LogP contribution in [0.1, 0.15) is 48.8 Å². The first-order chi connectivity index (χ1) is 9.08. The Labute approximate surface area is 127 Å². The lowest BCUT2D eigenvalue weighted by atomic mass is 9.79. The van der Waals surface area contributed by atoms with Gasteiger partial charge < -0.3 is 10.6 Å². The molecule has 0 bridgehead atoms. The van der Waals surface area contributed by atoms with Gasteiger partial charge in [0, 0.05) is 12.5 Å². The van der Waals surface area contributed by atoms with Crippen molar-refractivity contribution in [2.24, 2.45) is 10.9 Å². The van der Waals surface area contributed by atoms with E-state index < -0.39 is 0 Å². The third kappa shape index (κ3) is 2.84. The largest absolute Gasteiger partial charge is 0.389 e. The summed E-state index contributed by atoms with van der Waals surface area (Å²) in [6.07, 6.45) is 5.10. The summed E-state index contributed by atoms with van der Waals surface area (Å²) in [7, 11) is 0. The van der Waals surface area contributed by atoms with Gasteiger partial charge in [-0.1, -0.05) is 17.3 Å². The SMILES string of the molecule is Cc1ccc(C2=NOC3(CCC(N)CC3)C2)cc1C.Cl. The summed E-state index contributed by atoms with van der Waals surface area (Å²) in [5.74, 6) is 0. The molecule has 1 aliphatic carbocycles. The average Bonchev–Trinajstić information content (AvgIpc) is 2.81. The van der Waals surface area contributed by atoms with E-state index in [1.165, 1.54) is 16.7 Å². The van der Waals surface area contributed by atoms with Crippen molar-refractivity contribution >= 4 is 18.1 Å². The van der Waals surface area contributed by atoms with Crippen LogP contribution in [-0.4, -0.2) is 17.4 Å². The first kappa shape index (κ1) is 15.3. The molecule has 110 valence electrons. The van der Waals surface area contributed by atoms with Crippen molar-refractivity contribution in [2.45, 2.75) is 57.6 Å².